The first-order valence-corrected chi connectivity index (χ1v) is 9.55. The second-order valence-corrected chi connectivity index (χ2v) is 6.56. The number of hydrogen-bond acceptors (Lipinski definition) is 4. The molecule has 0 atom stereocenters. The molecule has 27 heavy (non-hydrogen) atoms. The van der Waals surface area contributed by atoms with E-state index in [0.29, 0.717) is 0 Å². The Morgan fingerprint density at radius 3 is 2.89 bits per heavy atom. The van der Waals surface area contributed by atoms with Gasteiger partial charge in [0.05, 0.1) is 0 Å². The summed E-state index contributed by atoms with van der Waals surface area (Å²) >= 11 is 0. The molecule has 0 bridgehead atoms. The highest BCUT2D eigenvalue weighted by atomic mass is 16.5. The minimum atomic E-state index is 0.721. The number of aliphatic imine (C=N–C) groups is 1. The number of methoxy groups -OCH3 is 1. The smallest absolute Gasteiger partial charge is 0.194 e. The summed E-state index contributed by atoms with van der Waals surface area (Å²) < 4.78 is 7.21. The molecular formula is C20H32N6O. The Kier molecular flexibility index (Phi) is 8.77. The van der Waals surface area contributed by atoms with E-state index >= 15 is 0 Å². The summed E-state index contributed by atoms with van der Waals surface area (Å²) in [6.45, 7) is 8.09. The lowest BCUT2D eigenvalue weighted by atomic mass is 10.1. The van der Waals surface area contributed by atoms with Crippen LogP contribution in [0, 0.1) is 6.92 Å². The van der Waals surface area contributed by atoms with Crippen LogP contribution in [-0.4, -0.2) is 59.5 Å². The van der Waals surface area contributed by atoms with E-state index in [1.165, 1.54) is 11.1 Å². The largest absolute Gasteiger partial charge is 0.385 e. The molecule has 0 aliphatic rings. The number of rotatable bonds is 10. The molecule has 0 amide bonds. The van der Waals surface area contributed by atoms with Crippen LogP contribution < -0.4 is 5.32 Å². The zero-order chi connectivity index (χ0) is 19.5. The van der Waals surface area contributed by atoms with Crippen molar-refractivity contribution in [1.29, 1.82) is 0 Å². The van der Waals surface area contributed by atoms with Gasteiger partial charge in [-0.05, 0) is 24.5 Å². The Hall–Kier alpha value is -2.41. The fourth-order valence-corrected chi connectivity index (χ4v) is 2.85. The molecule has 2 aromatic rings. The van der Waals surface area contributed by atoms with E-state index in [1.54, 1.807) is 13.4 Å². The lowest BCUT2D eigenvalue weighted by Crippen LogP contribution is -2.40. The van der Waals surface area contributed by atoms with Gasteiger partial charge in [0.2, 0.25) is 0 Å². The molecule has 0 saturated heterocycles. The van der Waals surface area contributed by atoms with Crippen molar-refractivity contribution >= 4 is 5.96 Å². The summed E-state index contributed by atoms with van der Waals surface area (Å²) in [7, 11) is 3.79. The van der Waals surface area contributed by atoms with Crippen molar-refractivity contribution in [3.05, 3.63) is 47.5 Å². The van der Waals surface area contributed by atoms with Gasteiger partial charge in [-0.15, -0.1) is 10.2 Å². The monoisotopic (exact) mass is 372 g/mol. The third kappa shape index (κ3) is 6.67. The highest BCUT2D eigenvalue weighted by molar-refractivity contribution is 5.79. The van der Waals surface area contributed by atoms with Crippen molar-refractivity contribution in [2.24, 2.45) is 4.99 Å². The quantitative estimate of drug-likeness (QED) is 0.394. The van der Waals surface area contributed by atoms with Crippen molar-refractivity contribution in [2.75, 3.05) is 33.9 Å². The van der Waals surface area contributed by atoms with Crippen LogP contribution in [0.4, 0.5) is 0 Å². The normalized spacial score (nSPS) is 11.6. The third-order valence-corrected chi connectivity index (χ3v) is 4.45. The third-order valence-electron chi connectivity index (χ3n) is 4.45. The van der Waals surface area contributed by atoms with E-state index in [0.717, 1.165) is 57.4 Å². The Balaban J connectivity index is 1.98. The molecule has 0 aliphatic carbocycles. The maximum Gasteiger partial charge on any atom is 0.194 e. The van der Waals surface area contributed by atoms with Gasteiger partial charge in [-0.25, -0.2) is 0 Å². The van der Waals surface area contributed by atoms with Gasteiger partial charge >= 0.3 is 0 Å². The molecule has 0 saturated carbocycles. The number of nitrogens with one attached hydrogen (secondary N) is 1. The lowest BCUT2D eigenvalue weighted by molar-refractivity contribution is 0.197. The molecule has 1 aromatic heterocycles. The predicted octanol–water partition coefficient (Wildman–Crippen LogP) is 2.26. The van der Waals surface area contributed by atoms with Crippen molar-refractivity contribution in [2.45, 2.75) is 39.8 Å². The molecule has 7 heteroatoms. The van der Waals surface area contributed by atoms with Crippen LogP contribution in [0.2, 0.25) is 0 Å². The van der Waals surface area contributed by atoms with Crippen LogP contribution in [0.5, 0.6) is 0 Å². The van der Waals surface area contributed by atoms with Gasteiger partial charge < -0.3 is 19.5 Å². The van der Waals surface area contributed by atoms with Crippen LogP contribution in [0.3, 0.4) is 0 Å². The first-order valence-electron chi connectivity index (χ1n) is 9.55. The van der Waals surface area contributed by atoms with E-state index in [4.69, 9.17) is 9.73 Å². The number of hydrogen-bond donors (Lipinski definition) is 1. The van der Waals surface area contributed by atoms with Gasteiger partial charge in [0.15, 0.2) is 5.96 Å². The number of nitrogens with zero attached hydrogens (tertiary/aromatic N) is 5. The van der Waals surface area contributed by atoms with Crippen molar-refractivity contribution in [1.82, 2.24) is 25.0 Å². The van der Waals surface area contributed by atoms with E-state index in [2.05, 4.69) is 70.1 Å². The molecule has 0 radical (unpaired) electrons. The minimum absolute atomic E-state index is 0.721. The molecule has 0 fully saturated rings. The summed E-state index contributed by atoms with van der Waals surface area (Å²) in [5.74, 6) is 1.91. The molecule has 0 spiro atoms. The maximum absolute atomic E-state index is 5.13. The lowest BCUT2D eigenvalue weighted by Gasteiger charge is -2.23. The minimum Gasteiger partial charge on any atom is -0.385 e. The van der Waals surface area contributed by atoms with Crippen LogP contribution in [0.1, 0.15) is 30.3 Å². The van der Waals surface area contributed by atoms with Crippen molar-refractivity contribution in [3.63, 3.8) is 0 Å². The van der Waals surface area contributed by atoms with Gasteiger partial charge in [0, 0.05) is 53.4 Å². The van der Waals surface area contributed by atoms with Crippen LogP contribution in [0.25, 0.3) is 0 Å². The van der Waals surface area contributed by atoms with Gasteiger partial charge in [-0.1, -0.05) is 31.2 Å². The Morgan fingerprint density at radius 1 is 1.33 bits per heavy atom. The van der Waals surface area contributed by atoms with Crippen molar-refractivity contribution < 1.29 is 4.74 Å². The zero-order valence-corrected chi connectivity index (χ0v) is 17.0. The number of aromatic nitrogens is 3. The Morgan fingerprint density at radius 2 is 2.15 bits per heavy atom. The summed E-state index contributed by atoms with van der Waals surface area (Å²) in [5.41, 5.74) is 2.60. The van der Waals surface area contributed by atoms with E-state index in [1.807, 2.05) is 0 Å². The molecule has 7 nitrogen and oxygen atoms in total. The molecule has 1 heterocycles. The van der Waals surface area contributed by atoms with Crippen LogP contribution in [0.15, 0.2) is 35.6 Å². The number of guanidine groups is 1. The van der Waals surface area contributed by atoms with E-state index in [-0.39, 0.29) is 0 Å². The molecule has 0 unspecified atom stereocenters. The van der Waals surface area contributed by atoms with Crippen LogP contribution >= 0.6 is 0 Å². The second kappa shape index (κ2) is 11.3. The van der Waals surface area contributed by atoms with Gasteiger partial charge in [-0.2, -0.15) is 0 Å². The summed E-state index contributed by atoms with van der Waals surface area (Å²) in [4.78, 5) is 6.93. The summed E-state index contributed by atoms with van der Waals surface area (Å²) in [6.07, 6.45) is 3.57. The summed E-state index contributed by atoms with van der Waals surface area (Å²) in [5, 5.41) is 11.6. The van der Waals surface area contributed by atoms with Crippen LogP contribution in [-0.2, 0) is 24.2 Å². The van der Waals surface area contributed by atoms with Gasteiger partial charge in [-0.3, -0.25) is 4.99 Å². The second-order valence-electron chi connectivity index (χ2n) is 6.56. The maximum atomic E-state index is 5.13. The highest BCUT2D eigenvalue weighted by Gasteiger charge is 2.09. The zero-order valence-electron chi connectivity index (χ0n) is 17.0. The number of aryl methyl sites for hydroxylation is 2. The first kappa shape index (κ1) is 20.9. The molecule has 0 aliphatic heterocycles. The number of benzene rings is 1. The molecule has 1 aromatic carbocycles. The van der Waals surface area contributed by atoms with E-state index in [9.17, 15) is 0 Å². The first-order chi connectivity index (χ1) is 13.2. The van der Waals surface area contributed by atoms with Gasteiger partial charge in [0.25, 0.3) is 0 Å². The Labute approximate surface area is 162 Å². The Bertz CT molecular complexity index is 712. The molecule has 2 rings (SSSR count). The van der Waals surface area contributed by atoms with Gasteiger partial charge in [0.1, 0.15) is 12.2 Å². The topological polar surface area (TPSA) is 67.6 Å². The molecule has 1 N–H and O–H groups in total. The number of ether oxygens (including phenoxy) is 1. The standard InChI is InChI=1S/C20H32N6O/c1-5-19-24-23-16-26(19)13-12-22-20(21-11-8-14-27-4)25(3)15-18-10-7-6-9-17(18)2/h6-7,9-10,16H,5,8,11-15H2,1-4H3,(H,21,22). The summed E-state index contributed by atoms with van der Waals surface area (Å²) in [6, 6.07) is 8.46. The van der Waals surface area contributed by atoms with E-state index < -0.39 is 0 Å². The highest BCUT2D eigenvalue weighted by Crippen LogP contribution is 2.09. The fourth-order valence-electron chi connectivity index (χ4n) is 2.85. The average Bonchev–Trinajstić information content (AvgIpc) is 3.13. The predicted molar refractivity (Wildman–Crippen MR) is 109 cm³/mol. The molecular weight excluding hydrogens is 340 g/mol. The fraction of sp³-hybridized carbons (Fsp3) is 0.550. The average molecular weight is 373 g/mol. The molecule has 148 valence electrons. The van der Waals surface area contributed by atoms with Crippen molar-refractivity contribution in [3.8, 4) is 0 Å². The SMILES string of the molecule is CCc1nncn1CCNC(=NCCCOC)N(C)Cc1ccccc1C.